The molecule has 0 bridgehead atoms. The normalized spacial score (nSPS) is 17.0. The van der Waals surface area contributed by atoms with E-state index < -0.39 is 10.0 Å². The average molecular weight is 328 g/mol. The van der Waals surface area contributed by atoms with E-state index in [-0.39, 0.29) is 10.8 Å². The first-order valence-electron chi connectivity index (χ1n) is 7.59. The van der Waals surface area contributed by atoms with E-state index in [4.69, 9.17) is 0 Å². The summed E-state index contributed by atoms with van der Waals surface area (Å²) in [4.78, 5) is 0.254. The largest absolute Gasteiger partial charge is 0.342 e. The van der Waals surface area contributed by atoms with Gasteiger partial charge in [-0.05, 0) is 49.1 Å². The van der Waals surface area contributed by atoms with Crippen molar-refractivity contribution in [1.29, 1.82) is 0 Å². The average Bonchev–Trinajstić information content (AvgIpc) is 2.45. The molecule has 0 aliphatic carbocycles. The summed E-state index contributed by atoms with van der Waals surface area (Å²) in [6, 6.07) is 11.7. The van der Waals surface area contributed by atoms with E-state index in [9.17, 15) is 8.42 Å². The highest BCUT2D eigenvalue weighted by atomic mass is 32.2. The number of benzene rings is 2. The van der Waals surface area contributed by atoms with E-state index in [2.05, 4.69) is 35.7 Å². The van der Waals surface area contributed by atoms with E-state index in [0.29, 0.717) is 11.5 Å². The predicted octanol–water partition coefficient (Wildman–Crippen LogP) is 3.99. The Morgan fingerprint density at radius 1 is 1.00 bits per heavy atom. The molecule has 5 heteroatoms. The van der Waals surface area contributed by atoms with E-state index >= 15 is 0 Å². The molecular weight excluding hydrogens is 308 g/mol. The minimum absolute atomic E-state index is 0.0831. The number of hydrogen-bond acceptors (Lipinski definition) is 3. The Morgan fingerprint density at radius 2 is 1.70 bits per heavy atom. The van der Waals surface area contributed by atoms with Crippen LogP contribution in [0.25, 0.3) is 0 Å². The first-order chi connectivity index (χ1) is 10.8. The van der Waals surface area contributed by atoms with Crippen molar-refractivity contribution in [2.45, 2.75) is 38.5 Å². The molecule has 0 amide bonds. The lowest BCUT2D eigenvalue weighted by Gasteiger charge is -2.25. The van der Waals surface area contributed by atoms with Crippen LogP contribution in [0.5, 0.6) is 0 Å². The van der Waals surface area contributed by atoms with Crippen molar-refractivity contribution < 1.29 is 8.42 Å². The number of aryl methyl sites for hydroxylation is 2. The maximum Gasteiger partial charge on any atom is 0.286 e. The molecule has 1 atom stereocenters. The molecule has 4 nitrogen and oxygen atoms in total. The SMILES string of the molecule is CC1=NS(=O)(=O)c2ccc(C)c([C@H](C)c3ccccc3C)c2N1. The van der Waals surface area contributed by atoms with Crippen molar-refractivity contribution in [1.82, 2.24) is 0 Å². The number of nitrogens with one attached hydrogen (secondary N) is 1. The minimum Gasteiger partial charge on any atom is -0.342 e. The van der Waals surface area contributed by atoms with Gasteiger partial charge in [0.15, 0.2) is 0 Å². The number of rotatable bonds is 2. The van der Waals surface area contributed by atoms with Crippen molar-refractivity contribution in [3.8, 4) is 0 Å². The second kappa shape index (κ2) is 5.49. The molecule has 2 aromatic rings. The molecule has 0 aromatic heterocycles. The van der Waals surface area contributed by atoms with Gasteiger partial charge in [0.1, 0.15) is 10.7 Å². The minimum atomic E-state index is -3.63. The molecule has 1 N–H and O–H groups in total. The second-order valence-electron chi connectivity index (χ2n) is 6.02. The summed E-state index contributed by atoms with van der Waals surface area (Å²) in [5.41, 5.74) is 5.13. The Morgan fingerprint density at radius 3 is 2.39 bits per heavy atom. The fourth-order valence-corrected chi connectivity index (χ4v) is 4.43. The summed E-state index contributed by atoms with van der Waals surface area (Å²) in [6.07, 6.45) is 0. The fraction of sp³-hybridized carbons (Fsp3) is 0.278. The third-order valence-corrected chi connectivity index (χ3v) is 5.76. The zero-order valence-electron chi connectivity index (χ0n) is 13.7. The molecule has 23 heavy (non-hydrogen) atoms. The van der Waals surface area contributed by atoms with Gasteiger partial charge in [0, 0.05) is 5.92 Å². The van der Waals surface area contributed by atoms with Gasteiger partial charge < -0.3 is 5.32 Å². The molecule has 3 rings (SSSR count). The van der Waals surface area contributed by atoms with Crippen molar-refractivity contribution in [3.05, 3.63) is 58.7 Å². The third-order valence-electron chi connectivity index (χ3n) is 4.35. The highest BCUT2D eigenvalue weighted by Crippen LogP contribution is 2.39. The molecule has 0 unspecified atom stereocenters. The van der Waals surface area contributed by atoms with Crippen LogP contribution in [-0.4, -0.2) is 14.3 Å². The van der Waals surface area contributed by atoms with Gasteiger partial charge in [-0.25, -0.2) is 0 Å². The van der Waals surface area contributed by atoms with Gasteiger partial charge in [0.2, 0.25) is 0 Å². The molecule has 1 aliphatic heterocycles. The first kappa shape index (κ1) is 15.7. The Labute approximate surface area is 137 Å². The molecular formula is C18H20N2O2S. The van der Waals surface area contributed by atoms with Gasteiger partial charge in [-0.3, -0.25) is 0 Å². The topological polar surface area (TPSA) is 58.5 Å². The van der Waals surface area contributed by atoms with E-state index in [1.807, 2.05) is 25.1 Å². The van der Waals surface area contributed by atoms with Crippen LogP contribution in [0.4, 0.5) is 5.69 Å². The van der Waals surface area contributed by atoms with Gasteiger partial charge in [0.25, 0.3) is 10.0 Å². The van der Waals surface area contributed by atoms with Crippen molar-refractivity contribution in [3.63, 3.8) is 0 Å². The Bertz CT molecular complexity index is 915. The van der Waals surface area contributed by atoms with Gasteiger partial charge in [-0.2, -0.15) is 8.42 Å². The predicted molar refractivity (Wildman–Crippen MR) is 93.8 cm³/mol. The summed E-state index contributed by atoms with van der Waals surface area (Å²) in [7, 11) is -3.63. The number of anilines is 1. The highest BCUT2D eigenvalue weighted by molar-refractivity contribution is 7.90. The third kappa shape index (κ3) is 2.65. The highest BCUT2D eigenvalue weighted by Gasteiger charge is 2.28. The molecule has 0 fully saturated rings. The van der Waals surface area contributed by atoms with Gasteiger partial charge in [-0.1, -0.05) is 37.3 Å². The van der Waals surface area contributed by atoms with Crippen molar-refractivity contribution in [2.24, 2.45) is 4.40 Å². The van der Waals surface area contributed by atoms with Gasteiger partial charge >= 0.3 is 0 Å². The van der Waals surface area contributed by atoms with E-state index in [0.717, 1.165) is 11.1 Å². The number of hydrogen-bond donors (Lipinski definition) is 1. The standard InChI is InChI=1S/C18H20N2O2S/c1-11-7-5-6-8-15(11)13(3)17-12(2)9-10-16-18(17)19-14(4)20-23(16,21)22/h5-10,13H,1-4H3,(H,19,20)/t13-/m1/s1. The molecule has 120 valence electrons. The maximum absolute atomic E-state index is 12.3. The van der Waals surface area contributed by atoms with Crippen LogP contribution < -0.4 is 5.32 Å². The van der Waals surface area contributed by atoms with Crippen molar-refractivity contribution in [2.75, 3.05) is 5.32 Å². The van der Waals surface area contributed by atoms with Crippen LogP contribution in [0.2, 0.25) is 0 Å². The molecule has 0 saturated heterocycles. The van der Waals surface area contributed by atoms with Gasteiger partial charge in [-0.15, -0.1) is 4.40 Å². The molecule has 0 radical (unpaired) electrons. The summed E-state index contributed by atoms with van der Waals surface area (Å²) in [6.45, 7) is 7.87. The number of fused-ring (bicyclic) bond motifs is 1. The molecule has 1 heterocycles. The molecule has 2 aromatic carbocycles. The lowest BCUT2D eigenvalue weighted by atomic mass is 9.86. The Balaban J connectivity index is 2.25. The molecule has 0 spiro atoms. The Hall–Kier alpha value is -2.14. The summed E-state index contributed by atoms with van der Waals surface area (Å²) < 4.78 is 28.4. The monoisotopic (exact) mass is 328 g/mol. The van der Waals surface area contributed by atoms with Crippen molar-refractivity contribution >= 4 is 21.5 Å². The number of amidine groups is 1. The lowest BCUT2D eigenvalue weighted by molar-refractivity contribution is 0.597. The quantitative estimate of drug-likeness (QED) is 0.907. The number of sulfonamides is 1. The van der Waals surface area contributed by atoms with Crippen LogP contribution in [0.15, 0.2) is 45.7 Å². The zero-order chi connectivity index (χ0) is 16.8. The first-order valence-corrected chi connectivity index (χ1v) is 9.03. The lowest BCUT2D eigenvalue weighted by Crippen LogP contribution is -2.21. The van der Waals surface area contributed by atoms with E-state index in [1.54, 1.807) is 13.0 Å². The van der Waals surface area contributed by atoms with Crippen LogP contribution >= 0.6 is 0 Å². The summed E-state index contributed by atoms with van der Waals surface area (Å²) >= 11 is 0. The Kier molecular flexibility index (Phi) is 3.76. The maximum atomic E-state index is 12.3. The smallest absolute Gasteiger partial charge is 0.286 e. The summed E-state index contributed by atoms with van der Waals surface area (Å²) in [5, 5.41) is 3.17. The van der Waals surface area contributed by atoms with Crippen LogP contribution in [-0.2, 0) is 10.0 Å². The number of nitrogens with zero attached hydrogens (tertiary/aromatic N) is 1. The zero-order valence-corrected chi connectivity index (χ0v) is 14.5. The van der Waals surface area contributed by atoms with Crippen LogP contribution in [0, 0.1) is 13.8 Å². The summed E-state index contributed by atoms with van der Waals surface area (Å²) in [5.74, 6) is 0.487. The molecule has 1 aliphatic rings. The van der Waals surface area contributed by atoms with E-state index in [1.165, 1.54) is 11.1 Å². The second-order valence-corrected chi connectivity index (χ2v) is 7.60. The molecule has 0 saturated carbocycles. The van der Waals surface area contributed by atoms with Crippen LogP contribution in [0.3, 0.4) is 0 Å². The van der Waals surface area contributed by atoms with Crippen LogP contribution in [0.1, 0.15) is 42.0 Å². The van der Waals surface area contributed by atoms with Gasteiger partial charge in [0.05, 0.1) is 5.69 Å². The fourth-order valence-electron chi connectivity index (χ4n) is 3.27.